The smallest absolute Gasteiger partial charge is 0.269 e. The van der Waals surface area contributed by atoms with Crippen LogP contribution >= 0.6 is 11.8 Å². The van der Waals surface area contributed by atoms with Crippen LogP contribution in [-0.2, 0) is 14.8 Å². The fourth-order valence-electron chi connectivity index (χ4n) is 2.25. The first-order valence-electron chi connectivity index (χ1n) is 6.63. The van der Waals surface area contributed by atoms with Crippen molar-refractivity contribution in [2.45, 2.75) is 11.3 Å². The Morgan fingerprint density at radius 3 is 2.82 bits per heavy atom. The molecule has 0 saturated heterocycles. The van der Waals surface area contributed by atoms with E-state index in [1.165, 1.54) is 23.9 Å². The molecule has 1 aromatic carbocycles. The van der Waals surface area contributed by atoms with Gasteiger partial charge in [0.05, 0.1) is 12.1 Å². The Hall–Kier alpha value is -1.87. The topological polar surface area (TPSA) is 95.9 Å². The minimum atomic E-state index is -3.85. The molecule has 0 saturated carbocycles. The monoisotopic (exact) mass is 339 g/mol. The number of nitrogens with one attached hydrogen (secondary N) is 1. The Balaban J connectivity index is 1.69. The Bertz CT molecular complexity index is 773. The van der Waals surface area contributed by atoms with E-state index in [1.54, 1.807) is 12.1 Å². The summed E-state index contributed by atoms with van der Waals surface area (Å²) in [5.74, 6) is -0.118. The third-order valence-electron chi connectivity index (χ3n) is 3.29. The molecule has 0 aromatic heterocycles. The van der Waals surface area contributed by atoms with Crippen LogP contribution in [0.3, 0.4) is 0 Å². The molecule has 9 heteroatoms. The van der Waals surface area contributed by atoms with E-state index in [2.05, 4.69) is 10.3 Å². The van der Waals surface area contributed by atoms with E-state index in [1.807, 2.05) is 0 Å². The lowest BCUT2D eigenvalue weighted by Gasteiger charge is -2.14. The zero-order valence-electron chi connectivity index (χ0n) is 11.5. The van der Waals surface area contributed by atoms with Crippen molar-refractivity contribution in [1.29, 1.82) is 0 Å². The molecule has 7 nitrogen and oxygen atoms in total. The second-order valence-electron chi connectivity index (χ2n) is 4.71. The summed E-state index contributed by atoms with van der Waals surface area (Å²) in [5.41, 5.74) is 0.152. The number of carbonyl (C=O) groups is 2. The SMILES string of the molecule is O=C(CCN1C(=O)c2ccccc2S1(=O)=O)NC1=NCCS1. The molecule has 0 fully saturated rings. The van der Waals surface area contributed by atoms with Crippen LogP contribution in [0.25, 0.3) is 0 Å². The molecular weight excluding hydrogens is 326 g/mol. The van der Waals surface area contributed by atoms with Gasteiger partial charge in [0, 0.05) is 18.7 Å². The van der Waals surface area contributed by atoms with Gasteiger partial charge in [-0.1, -0.05) is 23.9 Å². The van der Waals surface area contributed by atoms with E-state index in [0.717, 1.165) is 10.1 Å². The summed E-state index contributed by atoms with van der Waals surface area (Å²) in [6.07, 6.45) is -0.0987. The van der Waals surface area contributed by atoms with E-state index < -0.39 is 15.9 Å². The lowest BCUT2D eigenvalue weighted by molar-refractivity contribution is -0.119. The zero-order valence-corrected chi connectivity index (χ0v) is 13.1. The van der Waals surface area contributed by atoms with Gasteiger partial charge in [0.1, 0.15) is 4.90 Å². The highest BCUT2D eigenvalue weighted by Gasteiger charge is 2.40. The molecule has 3 rings (SSSR count). The molecule has 1 aromatic rings. The van der Waals surface area contributed by atoms with Gasteiger partial charge in [0.2, 0.25) is 5.91 Å². The zero-order chi connectivity index (χ0) is 15.7. The van der Waals surface area contributed by atoms with Gasteiger partial charge in [0.25, 0.3) is 15.9 Å². The van der Waals surface area contributed by atoms with Gasteiger partial charge < -0.3 is 5.32 Å². The predicted octanol–water partition coefficient (Wildman–Crippen LogP) is 0.440. The number of fused-ring (bicyclic) bond motifs is 1. The number of carbonyl (C=O) groups excluding carboxylic acids is 2. The van der Waals surface area contributed by atoms with Crippen LogP contribution in [0.2, 0.25) is 0 Å². The second kappa shape index (κ2) is 5.73. The van der Waals surface area contributed by atoms with Crippen LogP contribution in [0.5, 0.6) is 0 Å². The summed E-state index contributed by atoms with van der Waals surface area (Å²) in [5, 5.41) is 3.15. The van der Waals surface area contributed by atoms with E-state index >= 15 is 0 Å². The van der Waals surface area contributed by atoms with Crippen molar-refractivity contribution in [3.05, 3.63) is 29.8 Å². The molecule has 0 aliphatic carbocycles. The van der Waals surface area contributed by atoms with Crippen molar-refractivity contribution in [2.75, 3.05) is 18.8 Å². The van der Waals surface area contributed by atoms with E-state index in [9.17, 15) is 18.0 Å². The van der Waals surface area contributed by atoms with Crippen LogP contribution in [0.1, 0.15) is 16.8 Å². The number of rotatable bonds is 3. The molecule has 0 radical (unpaired) electrons. The fraction of sp³-hybridized carbons (Fsp3) is 0.308. The Morgan fingerprint density at radius 2 is 2.14 bits per heavy atom. The average molecular weight is 339 g/mol. The van der Waals surface area contributed by atoms with Gasteiger partial charge in [0.15, 0.2) is 5.17 Å². The van der Waals surface area contributed by atoms with E-state index in [0.29, 0.717) is 11.7 Å². The van der Waals surface area contributed by atoms with E-state index in [-0.39, 0.29) is 29.3 Å². The quantitative estimate of drug-likeness (QED) is 0.862. The van der Waals surface area contributed by atoms with Crippen LogP contribution in [0.4, 0.5) is 0 Å². The van der Waals surface area contributed by atoms with Crippen LogP contribution < -0.4 is 5.32 Å². The number of hydrogen-bond acceptors (Lipinski definition) is 6. The number of nitrogens with zero attached hydrogens (tertiary/aromatic N) is 2. The second-order valence-corrected chi connectivity index (χ2v) is 7.63. The Kier molecular flexibility index (Phi) is 3.92. The van der Waals surface area contributed by atoms with Crippen LogP contribution in [0, 0.1) is 0 Å². The first kappa shape index (κ1) is 15.0. The Labute approximate surface area is 131 Å². The molecule has 1 N–H and O–H groups in total. The summed E-state index contributed by atoms with van der Waals surface area (Å²) in [7, 11) is -3.85. The molecule has 0 bridgehead atoms. The highest BCUT2D eigenvalue weighted by Crippen LogP contribution is 2.29. The first-order chi connectivity index (χ1) is 10.5. The summed E-state index contributed by atoms with van der Waals surface area (Å²) in [6, 6.07) is 6.04. The van der Waals surface area contributed by atoms with E-state index in [4.69, 9.17) is 0 Å². The fourth-order valence-corrected chi connectivity index (χ4v) is 4.56. The molecule has 2 heterocycles. The largest absolute Gasteiger partial charge is 0.305 e. The van der Waals surface area contributed by atoms with Crippen molar-refractivity contribution < 1.29 is 18.0 Å². The lowest BCUT2D eigenvalue weighted by Crippen LogP contribution is -2.35. The van der Waals surface area contributed by atoms with Crippen LogP contribution in [0.15, 0.2) is 34.2 Å². The summed E-state index contributed by atoms with van der Waals surface area (Å²) >= 11 is 1.44. The van der Waals surface area contributed by atoms with Gasteiger partial charge in [-0.3, -0.25) is 14.6 Å². The Morgan fingerprint density at radius 1 is 1.36 bits per heavy atom. The molecule has 2 aliphatic rings. The van der Waals surface area contributed by atoms with Crippen LogP contribution in [-0.4, -0.2) is 48.5 Å². The number of sulfonamides is 1. The number of thioether (sulfide) groups is 1. The van der Waals surface area contributed by atoms with Crippen molar-refractivity contribution in [3.8, 4) is 0 Å². The van der Waals surface area contributed by atoms with Gasteiger partial charge in [-0.15, -0.1) is 0 Å². The third kappa shape index (κ3) is 2.61. The summed E-state index contributed by atoms with van der Waals surface area (Å²) in [4.78, 5) is 28.0. The highest BCUT2D eigenvalue weighted by atomic mass is 32.2. The molecule has 116 valence electrons. The van der Waals surface area contributed by atoms with Crippen molar-refractivity contribution >= 4 is 38.8 Å². The molecule has 2 aliphatic heterocycles. The molecule has 0 atom stereocenters. The number of aliphatic imine (C=N–C) groups is 1. The summed E-state index contributed by atoms with van der Waals surface area (Å²) in [6.45, 7) is 0.480. The molecule has 22 heavy (non-hydrogen) atoms. The minimum Gasteiger partial charge on any atom is -0.305 e. The predicted molar refractivity (Wildman–Crippen MR) is 82.2 cm³/mol. The maximum absolute atomic E-state index is 12.3. The van der Waals surface area contributed by atoms with Crippen molar-refractivity contribution in [3.63, 3.8) is 0 Å². The van der Waals surface area contributed by atoms with Gasteiger partial charge in [-0.2, -0.15) is 0 Å². The maximum Gasteiger partial charge on any atom is 0.269 e. The van der Waals surface area contributed by atoms with Crippen molar-refractivity contribution in [1.82, 2.24) is 9.62 Å². The molecule has 2 amide bonds. The minimum absolute atomic E-state index is 0.00358. The highest BCUT2D eigenvalue weighted by molar-refractivity contribution is 8.14. The third-order valence-corrected chi connectivity index (χ3v) is 6.02. The van der Waals surface area contributed by atoms with Gasteiger partial charge >= 0.3 is 0 Å². The number of amidine groups is 1. The average Bonchev–Trinajstić information content (AvgIpc) is 3.05. The summed E-state index contributed by atoms with van der Waals surface area (Å²) < 4.78 is 25.3. The molecular formula is C13H13N3O4S2. The van der Waals surface area contributed by atoms with Crippen molar-refractivity contribution in [2.24, 2.45) is 4.99 Å². The van der Waals surface area contributed by atoms with Gasteiger partial charge in [-0.05, 0) is 12.1 Å². The number of amides is 2. The lowest BCUT2D eigenvalue weighted by atomic mass is 10.2. The maximum atomic E-state index is 12.3. The molecule has 0 unspecified atom stereocenters. The number of benzene rings is 1. The number of hydrogen-bond donors (Lipinski definition) is 1. The standard InChI is InChI=1S/C13H13N3O4S2/c17-11(15-13-14-6-8-21-13)5-7-16-12(18)9-3-1-2-4-10(9)22(16,19)20/h1-4H,5-8H2,(H,14,15,17). The first-order valence-corrected chi connectivity index (χ1v) is 9.06. The molecule has 0 spiro atoms. The van der Waals surface area contributed by atoms with Gasteiger partial charge in [-0.25, -0.2) is 12.7 Å². The normalized spacial score (nSPS) is 19.0.